The number of aryl methyl sites for hydroxylation is 1. The van der Waals surface area contributed by atoms with Gasteiger partial charge in [0.1, 0.15) is 0 Å². The summed E-state index contributed by atoms with van der Waals surface area (Å²) in [6, 6.07) is 13.4. The van der Waals surface area contributed by atoms with E-state index in [1.54, 1.807) is 13.2 Å². The van der Waals surface area contributed by atoms with Crippen LogP contribution in [0.1, 0.15) is 17.7 Å². The van der Waals surface area contributed by atoms with Crippen LogP contribution in [0.3, 0.4) is 0 Å². The Morgan fingerprint density at radius 1 is 1.29 bits per heavy atom. The van der Waals surface area contributed by atoms with Crippen LogP contribution in [0.5, 0.6) is 5.88 Å². The summed E-state index contributed by atoms with van der Waals surface area (Å²) in [4.78, 5) is 14.9. The quantitative estimate of drug-likeness (QED) is 0.819. The molecule has 0 spiro atoms. The van der Waals surface area contributed by atoms with Gasteiger partial charge in [-0.05, 0) is 30.2 Å². The highest BCUT2D eigenvalue weighted by Gasteiger charge is 2.01. The number of carbonyl (C=O) groups is 1. The number of hydrogen-bond acceptors (Lipinski definition) is 4. The normalized spacial score (nSPS) is 10.1. The zero-order valence-corrected chi connectivity index (χ0v) is 11.9. The lowest BCUT2D eigenvalue weighted by Crippen LogP contribution is -2.03. The first-order valence-corrected chi connectivity index (χ1v) is 6.72. The molecule has 0 aliphatic rings. The molecule has 1 aromatic carbocycles. The van der Waals surface area contributed by atoms with E-state index in [9.17, 15) is 4.79 Å². The molecule has 2 rings (SSSR count). The SMILES string of the molecule is COc1cccc(CNc2cccc(CCC(=O)O)c2)n1. The van der Waals surface area contributed by atoms with E-state index in [0.29, 0.717) is 18.8 Å². The van der Waals surface area contributed by atoms with Crippen LogP contribution in [0.4, 0.5) is 5.69 Å². The number of carboxylic acid groups (broad SMARTS) is 1. The van der Waals surface area contributed by atoms with Crippen molar-refractivity contribution in [3.05, 3.63) is 53.7 Å². The summed E-state index contributed by atoms with van der Waals surface area (Å²) < 4.78 is 5.09. The molecule has 0 aliphatic heterocycles. The molecule has 0 aliphatic carbocycles. The maximum Gasteiger partial charge on any atom is 0.303 e. The van der Waals surface area contributed by atoms with Crippen molar-refractivity contribution in [2.75, 3.05) is 12.4 Å². The summed E-state index contributed by atoms with van der Waals surface area (Å²) in [5, 5.41) is 12.0. The molecule has 0 atom stereocenters. The lowest BCUT2D eigenvalue weighted by atomic mass is 10.1. The summed E-state index contributed by atoms with van der Waals surface area (Å²) in [6.07, 6.45) is 0.670. The molecule has 1 heterocycles. The van der Waals surface area contributed by atoms with Gasteiger partial charge in [0, 0.05) is 18.2 Å². The fraction of sp³-hybridized carbons (Fsp3) is 0.250. The van der Waals surface area contributed by atoms with Crippen LogP contribution in [0, 0.1) is 0 Å². The molecule has 2 aromatic rings. The van der Waals surface area contributed by atoms with Gasteiger partial charge in [0.05, 0.1) is 19.3 Å². The van der Waals surface area contributed by atoms with Gasteiger partial charge < -0.3 is 15.2 Å². The zero-order chi connectivity index (χ0) is 15.1. The Bertz CT molecular complexity index is 614. The van der Waals surface area contributed by atoms with Gasteiger partial charge in [-0.1, -0.05) is 18.2 Å². The number of nitrogens with one attached hydrogen (secondary N) is 1. The number of aromatic nitrogens is 1. The topological polar surface area (TPSA) is 71.5 Å². The molecule has 21 heavy (non-hydrogen) atoms. The number of methoxy groups -OCH3 is 1. The highest BCUT2D eigenvalue weighted by atomic mass is 16.5. The van der Waals surface area contributed by atoms with Gasteiger partial charge in [0.2, 0.25) is 5.88 Å². The monoisotopic (exact) mass is 286 g/mol. The van der Waals surface area contributed by atoms with Crippen molar-refractivity contribution >= 4 is 11.7 Å². The first kappa shape index (κ1) is 14.8. The van der Waals surface area contributed by atoms with Crippen molar-refractivity contribution in [3.8, 4) is 5.88 Å². The predicted octanol–water partition coefficient (Wildman–Crippen LogP) is 2.72. The zero-order valence-electron chi connectivity index (χ0n) is 11.9. The standard InChI is InChI=1S/C16H18N2O3/c1-21-15-7-3-6-14(18-15)11-17-13-5-2-4-12(10-13)8-9-16(19)20/h2-7,10,17H,8-9,11H2,1H3,(H,19,20). The third-order valence-electron chi connectivity index (χ3n) is 3.02. The third-order valence-corrected chi connectivity index (χ3v) is 3.02. The highest BCUT2D eigenvalue weighted by molar-refractivity contribution is 5.67. The maximum absolute atomic E-state index is 10.6. The molecule has 0 fully saturated rings. The van der Waals surface area contributed by atoms with E-state index in [2.05, 4.69) is 10.3 Å². The van der Waals surface area contributed by atoms with E-state index in [4.69, 9.17) is 9.84 Å². The summed E-state index contributed by atoms with van der Waals surface area (Å²) in [5.74, 6) is -0.196. The van der Waals surface area contributed by atoms with Crippen LogP contribution in [-0.4, -0.2) is 23.2 Å². The van der Waals surface area contributed by atoms with Gasteiger partial charge in [0.15, 0.2) is 0 Å². The van der Waals surface area contributed by atoms with Crippen molar-refractivity contribution in [3.63, 3.8) is 0 Å². The molecule has 0 saturated carbocycles. The Morgan fingerprint density at radius 2 is 2.10 bits per heavy atom. The van der Waals surface area contributed by atoms with E-state index in [-0.39, 0.29) is 6.42 Å². The molecule has 1 aromatic heterocycles. The van der Waals surface area contributed by atoms with Crippen molar-refractivity contribution in [1.29, 1.82) is 0 Å². The summed E-state index contributed by atoms with van der Waals surface area (Å²) >= 11 is 0. The molecule has 0 amide bonds. The Morgan fingerprint density at radius 3 is 2.86 bits per heavy atom. The lowest BCUT2D eigenvalue weighted by Gasteiger charge is -2.08. The Balaban J connectivity index is 1.96. The van der Waals surface area contributed by atoms with E-state index in [0.717, 1.165) is 16.9 Å². The van der Waals surface area contributed by atoms with Crippen LogP contribution in [0.2, 0.25) is 0 Å². The average Bonchev–Trinajstić information content (AvgIpc) is 2.51. The number of carboxylic acids is 1. The molecule has 0 unspecified atom stereocenters. The average molecular weight is 286 g/mol. The van der Waals surface area contributed by atoms with Gasteiger partial charge in [-0.2, -0.15) is 0 Å². The van der Waals surface area contributed by atoms with E-state index >= 15 is 0 Å². The Kier molecular flexibility index (Phi) is 5.15. The molecule has 2 N–H and O–H groups in total. The molecule has 5 heteroatoms. The minimum Gasteiger partial charge on any atom is -0.481 e. The summed E-state index contributed by atoms with van der Waals surface area (Å²) in [6.45, 7) is 0.583. The Labute approximate surface area is 123 Å². The molecule has 0 radical (unpaired) electrons. The number of benzene rings is 1. The second kappa shape index (κ2) is 7.28. The fourth-order valence-corrected chi connectivity index (χ4v) is 1.95. The minimum absolute atomic E-state index is 0.140. The molecular weight excluding hydrogens is 268 g/mol. The second-order valence-electron chi connectivity index (χ2n) is 4.62. The number of rotatable bonds is 7. The van der Waals surface area contributed by atoms with Gasteiger partial charge in [-0.3, -0.25) is 4.79 Å². The number of pyridine rings is 1. The van der Waals surface area contributed by atoms with Crippen molar-refractivity contribution < 1.29 is 14.6 Å². The largest absolute Gasteiger partial charge is 0.481 e. The van der Waals surface area contributed by atoms with Crippen molar-refractivity contribution in [2.24, 2.45) is 0 Å². The molecular formula is C16H18N2O3. The van der Waals surface area contributed by atoms with Crippen LogP contribution in [0.15, 0.2) is 42.5 Å². The smallest absolute Gasteiger partial charge is 0.303 e. The van der Waals surface area contributed by atoms with Gasteiger partial charge in [-0.25, -0.2) is 4.98 Å². The third kappa shape index (κ3) is 4.80. The van der Waals surface area contributed by atoms with Crippen LogP contribution in [0.25, 0.3) is 0 Å². The fourth-order valence-electron chi connectivity index (χ4n) is 1.95. The second-order valence-corrected chi connectivity index (χ2v) is 4.62. The minimum atomic E-state index is -0.783. The van der Waals surface area contributed by atoms with Crippen LogP contribution in [-0.2, 0) is 17.8 Å². The van der Waals surface area contributed by atoms with E-state index in [1.807, 2.05) is 36.4 Å². The Hall–Kier alpha value is -2.56. The number of ether oxygens (including phenoxy) is 1. The summed E-state index contributed by atoms with van der Waals surface area (Å²) in [7, 11) is 1.59. The number of aliphatic carboxylic acids is 1. The molecule has 5 nitrogen and oxygen atoms in total. The maximum atomic E-state index is 10.6. The van der Waals surface area contributed by atoms with E-state index in [1.165, 1.54) is 0 Å². The number of hydrogen-bond donors (Lipinski definition) is 2. The summed E-state index contributed by atoms with van der Waals surface area (Å²) in [5.41, 5.74) is 2.83. The van der Waals surface area contributed by atoms with Crippen molar-refractivity contribution in [2.45, 2.75) is 19.4 Å². The van der Waals surface area contributed by atoms with Gasteiger partial charge in [0.25, 0.3) is 0 Å². The number of anilines is 1. The molecule has 110 valence electrons. The lowest BCUT2D eigenvalue weighted by molar-refractivity contribution is -0.136. The number of nitrogens with zero attached hydrogens (tertiary/aromatic N) is 1. The van der Waals surface area contributed by atoms with Gasteiger partial charge in [-0.15, -0.1) is 0 Å². The van der Waals surface area contributed by atoms with Crippen LogP contribution >= 0.6 is 0 Å². The van der Waals surface area contributed by atoms with Gasteiger partial charge >= 0.3 is 5.97 Å². The molecule has 0 bridgehead atoms. The van der Waals surface area contributed by atoms with E-state index < -0.39 is 5.97 Å². The first-order chi connectivity index (χ1) is 10.2. The van der Waals surface area contributed by atoms with Crippen molar-refractivity contribution in [1.82, 2.24) is 4.98 Å². The predicted molar refractivity (Wildman–Crippen MR) is 80.5 cm³/mol. The highest BCUT2D eigenvalue weighted by Crippen LogP contribution is 2.14. The van der Waals surface area contributed by atoms with Crippen LogP contribution < -0.4 is 10.1 Å². The first-order valence-electron chi connectivity index (χ1n) is 6.72. The molecule has 0 saturated heterocycles.